The minimum Gasteiger partial charge on any atom is -0.325 e. The predicted octanol–water partition coefficient (Wildman–Crippen LogP) is 1.53. The van der Waals surface area contributed by atoms with Gasteiger partial charge in [-0.05, 0) is 25.8 Å². The van der Waals surface area contributed by atoms with E-state index in [0.29, 0.717) is 12.6 Å². The largest absolute Gasteiger partial charge is 0.325 e. The molecule has 0 atom stereocenters. The number of aromatic nitrogens is 3. The molecule has 0 amide bonds. The zero-order chi connectivity index (χ0) is 10.4. The van der Waals surface area contributed by atoms with Gasteiger partial charge in [-0.15, -0.1) is 0 Å². The molecule has 3 rings (SSSR count). The van der Waals surface area contributed by atoms with Gasteiger partial charge in [-0.3, -0.25) is 4.98 Å². The number of fused-ring (bicyclic) bond motifs is 1. The number of pyridine rings is 1. The fourth-order valence-corrected chi connectivity index (χ4v) is 2.07. The average molecular weight is 202 g/mol. The maximum absolute atomic E-state index is 5.60. The Kier molecular flexibility index (Phi) is 1.79. The lowest BCUT2D eigenvalue weighted by Gasteiger charge is -2.04. The highest BCUT2D eigenvalue weighted by atomic mass is 15.1. The van der Waals surface area contributed by atoms with Gasteiger partial charge in [0, 0.05) is 12.6 Å². The van der Waals surface area contributed by atoms with Gasteiger partial charge in [0.2, 0.25) is 0 Å². The first kappa shape index (κ1) is 8.85. The standard InChI is InChI=1S/C11H14N4/c1-7-14-10-6-13-8(5-12)4-11(10)15(7)9-2-3-9/h4,6,9H,2-3,5,12H2,1H3. The number of nitrogens with zero attached hydrogens (tertiary/aromatic N) is 3. The number of rotatable bonds is 2. The first-order valence-corrected chi connectivity index (χ1v) is 5.33. The van der Waals surface area contributed by atoms with Gasteiger partial charge in [-0.1, -0.05) is 0 Å². The van der Waals surface area contributed by atoms with E-state index in [9.17, 15) is 0 Å². The highest BCUT2D eigenvalue weighted by Gasteiger charge is 2.26. The second-order valence-corrected chi connectivity index (χ2v) is 4.13. The molecule has 1 aliphatic rings. The van der Waals surface area contributed by atoms with E-state index in [1.165, 1.54) is 18.4 Å². The molecule has 0 radical (unpaired) electrons. The summed E-state index contributed by atoms with van der Waals surface area (Å²) >= 11 is 0. The summed E-state index contributed by atoms with van der Waals surface area (Å²) in [6.07, 6.45) is 4.36. The van der Waals surface area contributed by atoms with Crippen LogP contribution in [0.15, 0.2) is 12.3 Å². The molecule has 4 nitrogen and oxygen atoms in total. The van der Waals surface area contributed by atoms with E-state index in [4.69, 9.17) is 5.73 Å². The summed E-state index contributed by atoms with van der Waals surface area (Å²) in [6, 6.07) is 2.72. The third kappa shape index (κ3) is 1.33. The molecule has 0 unspecified atom stereocenters. The SMILES string of the molecule is Cc1nc2cnc(CN)cc2n1C1CC1. The Morgan fingerprint density at radius 1 is 1.53 bits per heavy atom. The van der Waals surface area contributed by atoms with E-state index in [1.54, 1.807) is 0 Å². The van der Waals surface area contributed by atoms with E-state index in [2.05, 4.69) is 27.5 Å². The Balaban J connectivity index is 2.26. The third-order valence-corrected chi connectivity index (χ3v) is 2.93. The summed E-state index contributed by atoms with van der Waals surface area (Å²) in [5, 5.41) is 0. The first-order chi connectivity index (χ1) is 7.29. The molecular formula is C11H14N4. The lowest BCUT2D eigenvalue weighted by atomic mass is 10.3. The van der Waals surface area contributed by atoms with Crippen LogP contribution in [0.4, 0.5) is 0 Å². The van der Waals surface area contributed by atoms with Gasteiger partial charge in [0.25, 0.3) is 0 Å². The van der Waals surface area contributed by atoms with Crippen LogP contribution in [0.25, 0.3) is 11.0 Å². The van der Waals surface area contributed by atoms with Crippen molar-refractivity contribution in [3.8, 4) is 0 Å². The monoisotopic (exact) mass is 202 g/mol. The zero-order valence-electron chi connectivity index (χ0n) is 8.77. The molecule has 2 aromatic heterocycles. The Hall–Kier alpha value is -1.42. The van der Waals surface area contributed by atoms with Gasteiger partial charge in [0.05, 0.1) is 17.4 Å². The van der Waals surface area contributed by atoms with Crippen LogP contribution in [0.1, 0.15) is 30.4 Å². The molecule has 1 aliphatic carbocycles. The Bertz CT molecular complexity index is 511. The van der Waals surface area contributed by atoms with Gasteiger partial charge < -0.3 is 10.3 Å². The van der Waals surface area contributed by atoms with Crippen molar-refractivity contribution in [1.29, 1.82) is 0 Å². The third-order valence-electron chi connectivity index (χ3n) is 2.93. The molecule has 15 heavy (non-hydrogen) atoms. The fourth-order valence-electron chi connectivity index (χ4n) is 2.07. The smallest absolute Gasteiger partial charge is 0.107 e. The lowest BCUT2D eigenvalue weighted by Crippen LogP contribution is -2.01. The van der Waals surface area contributed by atoms with Crippen LogP contribution in [0.3, 0.4) is 0 Å². The lowest BCUT2D eigenvalue weighted by molar-refractivity contribution is 0.733. The van der Waals surface area contributed by atoms with Crippen LogP contribution in [0, 0.1) is 6.92 Å². The normalized spacial score (nSPS) is 16.1. The van der Waals surface area contributed by atoms with E-state index < -0.39 is 0 Å². The minimum atomic E-state index is 0.491. The molecule has 78 valence electrons. The van der Waals surface area contributed by atoms with Crippen molar-refractivity contribution in [2.75, 3.05) is 0 Å². The molecular weight excluding hydrogens is 188 g/mol. The summed E-state index contributed by atoms with van der Waals surface area (Å²) in [7, 11) is 0. The van der Waals surface area contributed by atoms with Crippen LogP contribution in [-0.2, 0) is 6.54 Å². The van der Waals surface area contributed by atoms with Crippen molar-refractivity contribution in [2.24, 2.45) is 5.73 Å². The van der Waals surface area contributed by atoms with Gasteiger partial charge in [-0.2, -0.15) is 0 Å². The number of aryl methyl sites for hydroxylation is 1. The number of hydrogen-bond acceptors (Lipinski definition) is 3. The molecule has 1 saturated carbocycles. The van der Waals surface area contributed by atoms with Gasteiger partial charge >= 0.3 is 0 Å². The highest BCUT2D eigenvalue weighted by molar-refractivity contribution is 5.75. The Morgan fingerprint density at radius 3 is 3.00 bits per heavy atom. The molecule has 4 heteroatoms. The van der Waals surface area contributed by atoms with Crippen molar-refractivity contribution in [3.05, 3.63) is 23.8 Å². The molecule has 0 aliphatic heterocycles. The van der Waals surface area contributed by atoms with Crippen LogP contribution in [0.2, 0.25) is 0 Å². The second-order valence-electron chi connectivity index (χ2n) is 4.13. The molecule has 2 N–H and O–H groups in total. The van der Waals surface area contributed by atoms with Crippen LogP contribution in [-0.4, -0.2) is 14.5 Å². The summed E-state index contributed by atoms with van der Waals surface area (Å²) in [5.41, 5.74) is 8.70. The van der Waals surface area contributed by atoms with E-state index >= 15 is 0 Å². The molecule has 1 fully saturated rings. The van der Waals surface area contributed by atoms with Crippen LogP contribution in [0.5, 0.6) is 0 Å². The summed E-state index contributed by atoms with van der Waals surface area (Å²) in [5.74, 6) is 1.09. The highest BCUT2D eigenvalue weighted by Crippen LogP contribution is 2.38. The molecule has 0 bridgehead atoms. The first-order valence-electron chi connectivity index (χ1n) is 5.33. The molecule has 2 aromatic rings. The zero-order valence-corrected chi connectivity index (χ0v) is 8.77. The van der Waals surface area contributed by atoms with Crippen molar-refractivity contribution < 1.29 is 0 Å². The number of imidazole rings is 1. The minimum absolute atomic E-state index is 0.491. The molecule has 2 heterocycles. The molecule has 0 saturated heterocycles. The summed E-state index contributed by atoms with van der Waals surface area (Å²) in [4.78, 5) is 8.77. The van der Waals surface area contributed by atoms with Crippen LogP contribution >= 0.6 is 0 Å². The van der Waals surface area contributed by atoms with E-state index in [0.717, 1.165) is 17.0 Å². The van der Waals surface area contributed by atoms with E-state index in [1.807, 2.05) is 6.20 Å². The second kappa shape index (κ2) is 3.03. The predicted molar refractivity (Wildman–Crippen MR) is 58.4 cm³/mol. The number of nitrogens with two attached hydrogens (primary N) is 1. The topological polar surface area (TPSA) is 56.7 Å². The summed E-state index contributed by atoms with van der Waals surface area (Å²) in [6.45, 7) is 2.55. The summed E-state index contributed by atoms with van der Waals surface area (Å²) < 4.78 is 2.32. The maximum atomic E-state index is 5.60. The van der Waals surface area contributed by atoms with Gasteiger partial charge in [-0.25, -0.2) is 4.98 Å². The van der Waals surface area contributed by atoms with Gasteiger partial charge in [0.15, 0.2) is 0 Å². The van der Waals surface area contributed by atoms with Crippen LogP contribution < -0.4 is 5.73 Å². The van der Waals surface area contributed by atoms with Gasteiger partial charge in [0.1, 0.15) is 11.3 Å². The van der Waals surface area contributed by atoms with Crippen molar-refractivity contribution in [2.45, 2.75) is 32.4 Å². The Morgan fingerprint density at radius 2 is 2.33 bits per heavy atom. The van der Waals surface area contributed by atoms with Crippen molar-refractivity contribution in [3.63, 3.8) is 0 Å². The maximum Gasteiger partial charge on any atom is 0.107 e. The average Bonchev–Trinajstić information content (AvgIpc) is 3.00. The molecule has 0 spiro atoms. The van der Waals surface area contributed by atoms with Crippen molar-refractivity contribution in [1.82, 2.24) is 14.5 Å². The Labute approximate surface area is 88.1 Å². The van der Waals surface area contributed by atoms with Crippen molar-refractivity contribution >= 4 is 11.0 Å². The quantitative estimate of drug-likeness (QED) is 0.803. The fraction of sp³-hybridized carbons (Fsp3) is 0.455. The van der Waals surface area contributed by atoms with E-state index in [-0.39, 0.29) is 0 Å². The number of hydrogen-bond donors (Lipinski definition) is 1. The molecule has 0 aromatic carbocycles.